The van der Waals surface area contributed by atoms with Crippen molar-refractivity contribution >= 4 is 17.5 Å². The molecule has 90 valence electrons. The van der Waals surface area contributed by atoms with Crippen molar-refractivity contribution in [2.45, 2.75) is 6.42 Å². The van der Waals surface area contributed by atoms with Gasteiger partial charge in [-0.25, -0.2) is 0 Å². The fourth-order valence-corrected chi connectivity index (χ4v) is 1.93. The Morgan fingerprint density at radius 1 is 1.53 bits per heavy atom. The fourth-order valence-electron chi connectivity index (χ4n) is 1.93. The van der Waals surface area contributed by atoms with Gasteiger partial charge in [0.05, 0.1) is 13.0 Å². The molecule has 0 aliphatic carbocycles. The zero-order chi connectivity index (χ0) is 12.4. The summed E-state index contributed by atoms with van der Waals surface area (Å²) < 4.78 is 5.09. The molecule has 5 nitrogen and oxygen atoms in total. The van der Waals surface area contributed by atoms with Gasteiger partial charge >= 0.3 is 0 Å². The summed E-state index contributed by atoms with van der Waals surface area (Å²) in [6, 6.07) is 7.18. The van der Waals surface area contributed by atoms with Gasteiger partial charge in [0.1, 0.15) is 5.75 Å². The predicted molar refractivity (Wildman–Crippen MR) is 62.6 cm³/mol. The summed E-state index contributed by atoms with van der Waals surface area (Å²) in [6.07, 6.45) is 0.187. The van der Waals surface area contributed by atoms with Crippen LogP contribution in [0.4, 0.5) is 5.69 Å². The summed E-state index contributed by atoms with van der Waals surface area (Å²) >= 11 is 0. The standard InChI is InChI=1S/C12H14N2O3/c1-17-10-4-2-3-9(6-10)14-7-8(12(13)16)5-11(14)15/h2-4,6,8H,5,7H2,1H3,(H2,13,16)/t8-/m0/s1. The van der Waals surface area contributed by atoms with E-state index < -0.39 is 11.8 Å². The van der Waals surface area contributed by atoms with Crippen LogP contribution in [0.15, 0.2) is 24.3 Å². The number of rotatable bonds is 3. The Balaban J connectivity index is 2.22. The Bertz CT molecular complexity index is 459. The van der Waals surface area contributed by atoms with Crippen LogP contribution < -0.4 is 15.4 Å². The maximum atomic E-state index is 11.8. The molecule has 1 fully saturated rings. The van der Waals surface area contributed by atoms with Gasteiger partial charge in [-0.05, 0) is 12.1 Å². The zero-order valence-electron chi connectivity index (χ0n) is 9.55. The first kappa shape index (κ1) is 11.4. The molecule has 0 bridgehead atoms. The molecule has 0 radical (unpaired) electrons. The number of carbonyl (C=O) groups excluding carboxylic acids is 2. The molecule has 1 atom stereocenters. The SMILES string of the molecule is COc1cccc(N2C[C@@H](C(N)=O)CC2=O)c1. The molecule has 1 heterocycles. The minimum Gasteiger partial charge on any atom is -0.497 e. The predicted octanol–water partition coefficient (Wildman–Crippen LogP) is 0.533. The maximum absolute atomic E-state index is 11.8. The molecule has 0 spiro atoms. The van der Waals surface area contributed by atoms with Gasteiger partial charge < -0.3 is 15.4 Å². The van der Waals surface area contributed by atoms with Crippen molar-refractivity contribution in [3.63, 3.8) is 0 Å². The summed E-state index contributed by atoms with van der Waals surface area (Å²) in [5, 5.41) is 0. The van der Waals surface area contributed by atoms with Gasteiger partial charge in [-0.15, -0.1) is 0 Å². The normalized spacial score (nSPS) is 19.5. The lowest BCUT2D eigenvalue weighted by Gasteiger charge is -2.16. The van der Waals surface area contributed by atoms with E-state index in [1.165, 1.54) is 0 Å². The largest absolute Gasteiger partial charge is 0.497 e. The smallest absolute Gasteiger partial charge is 0.227 e. The van der Waals surface area contributed by atoms with Crippen LogP contribution in [-0.4, -0.2) is 25.5 Å². The Kier molecular flexibility index (Phi) is 2.99. The second-order valence-electron chi connectivity index (χ2n) is 4.01. The van der Waals surface area contributed by atoms with E-state index in [0.717, 1.165) is 5.69 Å². The Morgan fingerprint density at radius 3 is 2.88 bits per heavy atom. The fraction of sp³-hybridized carbons (Fsp3) is 0.333. The highest BCUT2D eigenvalue weighted by Crippen LogP contribution is 2.27. The van der Waals surface area contributed by atoms with Gasteiger partial charge in [0.15, 0.2) is 0 Å². The molecule has 5 heteroatoms. The minimum atomic E-state index is -0.427. The minimum absolute atomic E-state index is 0.0814. The molecule has 1 aliphatic heterocycles. The van der Waals surface area contributed by atoms with E-state index in [4.69, 9.17) is 10.5 Å². The lowest BCUT2D eigenvalue weighted by atomic mass is 10.1. The van der Waals surface area contributed by atoms with E-state index in [1.54, 1.807) is 30.2 Å². The molecule has 1 saturated heterocycles. The first-order valence-corrected chi connectivity index (χ1v) is 5.35. The molecular weight excluding hydrogens is 220 g/mol. The molecule has 2 rings (SSSR count). The lowest BCUT2D eigenvalue weighted by Crippen LogP contribution is -2.28. The highest BCUT2D eigenvalue weighted by molar-refractivity contribution is 6.00. The summed E-state index contributed by atoms with van der Waals surface area (Å²) in [5.74, 6) is -0.225. The van der Waals surface area contributed by atoms with Crippen LogP contribution in [0.25, 0.3) is 0 Å². The third kappa shape index (κ3) is 2.22. The molecule has 1 aliphatic rings. The van der Waals surface area contributed by atoms with Gasteiger partial charge in [-0.1, -0.05) is 6.07 Å². The summed E-state index contributed by atoms with van der Waals surface area (Å²) in [5.41, 5.74) is 5.95. The number of nitrogens with zero attached hydrogens (tertiary/aromatic N) is 1. The molecular formula is C12H14N2O3. The molecule has 1 aromatic carbocycles. The van der Waals surface area contributed by atoms with E-state index in [1.807, 2.05) is 6.07 Å². The molecule has 1 aromatic rings. The van der Waals surface area contributed by atoms with Crippen LogP contribution in [0.2, 0.25) is 0 Å². The third-order valence-electron chi connectivity index (χ3n) is 2.89. The monoisotopic (exact) mass is 234 g/mol. The van der Waals surface area contributed by atoms with Crippen LogP contribution in [0.5, 0.6) is 5.75 Å². The number of anilines is 1. The molecule has 0 aromatic heterocycles. The van der Waals surface area contributed by atoms with Crippen LogP contribution in [0.1, 0.15) is 6.42 Å². The Hall–Kier alpha value is -2.04. The van der Waals surface area contributed by atoms with Crippen LogP contribution in [0, 0.1) is 5.92 Å². The first-order chi connectivity index (χ1) is 8.11. The zero-order valence-corrected chi connectivity index (χ0v) is 9.55. The number of methoxy groups -OCH3 is 1. The number of ether oxygens (including phenoxy) is 1. The van der Waals surface area contributed by atoms with Crippen LogP contribution in [-0.2, 0) is 9.59 Å². The van der Waals surface area contributed by atoms with Crippen molar-refractivity contribution < 1.29 is 14.3 Å². The average Bonchev–Trinajstić information content (AvgIpc) is 2.72. The third-order valence-corrected chi connectivity index (χ3v) is 2.89. The first-order valence-electron chi connectivity index (χ1n) is 5.35. The van der Waals surface area contributed by atoms with E-state index in [-0.39, 0.29) is 12.3 Å². The van der Waals surface area contributed by atoms with E-state index in [2.05, 4.69) is 0 Å². The van der Waals surface area contributed by atoms with Gasteiger partial charge in [0.25, 0.3) is 0 Å². The van der Waals surface area contributed by atoms with E-state index in [9.17, 15) is 9.59 Å². The van der Waals surface area contributed by atoms with Crippen molar-refractivity contribution in [3.8, 4) is 5.75 Å². The van der Waals surface area contributed by atoms with Crippen molar-refractivity contribution in [1.29, 1.82) is 0 Å². The lowest BCUT2D eigenvalue weighted by molar-refractivity contribution is -0.123. The second kappa shape index (κ2) is 4.45. The maximum Gasteiger partial charge on any atom is 0.227 e. The number of primary amides is 1. The molecule has 0 unspecified atom stereocenters. The summed E-state index contributed by atoms with van der Waals surface area (Å²) in [7, 11) is 1.57. The molecule has 2 N–H and O–H groups in total. The molecule has 0 saturated carbocycles. The van der Waals surface area contributed by atoms with Crippen LogP contribution >= 0.6 is 0 Å². The van der Waals surface area contributed by atoms with E-state index in [0.29, 0.717) is 12.3 Å². The number of nitrogens with two attached hydrogens (primary N) is 1. The van der Waals surface area contributed by atoms with Crippen molar-refractivity contribution in [2.75, 3.05) is 18.6 Å². The topological polar surface area (TPSA) is 72.6 Å². The van der Waals surface area contributed by atoms with Gasteiger partial charge in [0, 0.05) is 24.7 Å². The Labute approximate surface area is 99.2 Å². The Morgan fingerprint density at radius 2 is 2.29 bits per heavy atom. The quantitative estimate of drug-likeness (QED) is 0.829. The highest BCUT2D eigenvalue weighted by Gasteiger charge is 2.33. The average molecular weight is 234 g/mol. The van der Waals surface area contributed by atoms with Gasteiger partial charge in [-0.2, -0.15) is 0 Å². The number of hydrogen-bond donors (Lipinski definition) is 1. The summed E-state index contributed by atoms with van der Waals surface area (Å²) in [4.78, 5) is 24.4. The number of hydrogen-bond acceptors (Lipinski definition) is 3. The second-order valence-corrected chi connectivity index (χ2v) is 4.01. The number of amides is 2. The number of benzene rings is 1. The molecule has 2 amide bonds. The van der Waals surface area contributed by atoms with Gasteiger partial charge in [-0.3, -0.25) is 9.59 Å². The van der Waals surface area contributed by atoms with E-state index >= 15 is 0 Å². The highest BCUT2D eigenvalue weighted by atomic mass is 16.5. The summed E-state index contributed by atoms with van der Waals surface area (Å²) in [6.45, 7) is 0.349. The van der Waals surface area contributed by atoms with Gasteiger partial charge in [0.2, 0.25) is 11.8 Å². The van der Waals surface area contributed by atoms with Crippen LogP contribution in [0.3, 0.4) is 0 Å². The van der Waals surface area contributed by atoms with Crippen molar-refractivity contribution in [3.05, 3.63) is 24.3 Å². The van der Waals surface area contributed by atoms with Crippen molar-refractivity contribution in [2.24, 2.45) is 11.7 Å². The molecule has 17 heavy (non-hydrogen) atoms. The number of carbonyl (C=O) groups is 2. The van der Waals surface area contributed by atoms with Crippen molar-refractivity contribution in [1.82, 2.24) is 0 Å².